The normalized spacial score (nSPS) is 18.1. The second-order valence-corrected chi connectivity index (χ2v) is 5.16. The summed E-state index contributed by atoms with van der Waals surface area (Å²) in [6.45, 7) is 0. The lowest BCUT2D eigenvalue weighted by molar-refractivity contribution is 0.0895. The quantitative estimate of drug-likeness (QED) is 0.836. The molecule has 0 saturated carbocycles. The largest absolute Gasteiger partial charge is 0.294 e. The van der Waals surface area contributed by atoms with E-state index < -0.39 is 0 Å². The zero-order valence-electron chi connectivity index (χ0n) is 10.9. The molecule has 1 aliphatic rings. The molecule has 19 heavy (non-hydrogen) atoms. The average Bonchev–Trinajstić information content (AvgIpc) is 2.48. The van der Waals surface area contributed by atoms with Crippen LogP contribution in [0.25, 0.3) is 0 Å². The Bertz CT molecular complexity index is 577. The smallest absolute Gasteiger partial charge is 0.166 e. The molecule has 0 radical (unpaired) electrons. The highest BCUT2D eigenvalue weighted by atomic mass is 16.1. The van der Waals surface area contributed by atoms with Crippen molar-refractivity contribution in [1.82, 2.24) is 4.98 Å². The fraction of sp³-hybridized carbons (Fsp3) is 0.294. The molecule has 1 atom stereocenters. The summed E-state index contributed by atoms with van der Waals surface area (Å²) in [5.41, 5.74) is 3.37. The van der Waals surface area contributed by atoms with Gasteiger partial charge in [0.2, 0.25) is 0 Å². The minimum atomic E-state index is 0.176. The molecule has 0 bridgehead atoms. The van der Waals surface area contributed by atoms with Gasteiger partial charge in [-0.15, -0.1) is 0 Å². The third-order valence-electron chi connectivity index (χ3n) is 3.92. The number of nitrogens with zero attached hydrogens (tertiary/aromatic N) is 1. The maximum Gasteiger partial charge on any atom is 0.166 e. The second-order valence-electron chi connectivity index (χ2n) is 5.16. The van der Waals surface area contributed by atoms with Gasteiger partial charge < -0.3 is 0 Å². The number of hydrogen-bond acceptors (Lipinski definition) is 2. The number of carbonyl (C=O) groups is 1. The van der Waals surface area contributed by atoms with Gasteiger partial charge >= 0.3 is 0 Å². The van der Waals surface area contributed by atoms with Crippen molar-refractivity contribution in [2.24, 2.45) is 5.92 Å². The molecular weight excluding hydrogens is 234 g/mol. The van der Waals surface area contributed by atoms with E-state index in [4.69, 9.17) is 0 Å². The van der Waals surface area contributed by atoms with Gasteiger partial charge in [0.25, 0.3) is 0 Å². The van der Waals surface area contributed by atoms with Gasteiger partial charge in [0.05, 0.1) is 0 Å². The molecule has 0 amide bonds. The fourth-order valence-corrected chi connectivity index (χ4v) is 2.82. The van der Waals surface area contributed by atoms with Gasteiger partial charge in [-0.1, -0.05) is 30.3 Å². The van der Waals surface area contributed by atoms with Gasteiger partial charge in [0.15, 0.2) is 5.78 Å². The first-order valence-electron chi connectivity index (χ1n) is 6.85. The predicted molar refractivity (Wildman–Crippen MR) is 75.1 cm³/mol. The highest BCUT2D eigenvalue weighted by Gasteiger charge is 2.26. The lowest BCUT2D eigenvalue weighted by atomic mass is 9.80. The molecule has 1 heterocycles. The van der Waals surface area contributed by atoms with Crippen molar-refractivity contribution in [2.45, 2.75) is 25.7 Å². The number of benzene rings is 1. The van der Waals surface area contributed by atoms with E-state index in [-0.39, 0.29) is 5.92 Å². The standard InChI is InChI=1S/C17H17NO/c19-17-15(8-7-13-4-3-11-18-12-13)10-9-14-5-1-2-6-16(14)17/h1-6,11-12,15H,7-10H2. The maximum absolute atomic E-state index is 12.4. The molecule has 2 aromatic rings. The maximum atomic E-state index is 12.4. The van der Waals surface area contributed by atoms with Crippen LogP contribution in [0.4, 0.5) is 0 Å². The summed E-state index contributed by atoms with van der Waals surface area (Å²) in [6, 6.07) is 12.0. The Morgan fingerprint density at radius 1 is 1.16 bits per heavy atom. The lowest BCUT2D eigenvalue weighted by Crippen LogP contribution is -2.23. The molecule has 1 aromatic carbocycles. The molecular formula is C17H17NO. The number of aryl methyl sites for hydroxylation is 2. The lowest BCUT2D eigenvalue weighted by Gasteiger charge is -2.23. The van der Waals surface area contributed by atoms with Crippen LogP contribution in [0.15, 0.2) is 48.8 Å². The Kier molecular flexibility index (Phi) is 3.41. The van der Waals surface area contributed by atoms with Gasteiger partial charge in [-0.25, -0.2) is 0 Å². The van der Waals surface area contributed by atoms with Gasteiger partial charge in [-0.2, -0.15) is 0 Å². The first kappa shape index (κ1) is 12.1. The van der Waals surface area contributed by atoms with E-state index >= 15 is 0 Å². The third-order valence-corrected chi connectivity index (χ3v) is 3.92. The number of rotatable bonds is 3. The van der Waals surface area contributed by atoms with Crippen LogP contribution in [0, 0.1) is 5.92 Å². The summed E-state index contributed by atoms with van der Waals surface area (Å²) in [5, 5.41) is 0. The Labute approximate surface area is 113 Å². The predicted octanol–water partition coefficient (Wildman–Crippen LogP) is 3.46. The van der Waals surface area contributed by atoms with E-state index in [1.807, 2.05) is 30.5 Å². The SMILES string of the molecule is O=C1c2ccccc2CCC1CCc1cccnc1. The Morgan fingerprint density at radius 3 is 2.89 bits per heavy atom. The molecule has 2 nitrogen and oxygen atoms in total. The minimum Gasteiger partial charge on any atom is -0.294 e. The molecule has 96 valence electrons. The highest BCUT2D eigenvalue weighted by molar-refractivity contribution is 6.00. The first-order chi connectivity index (χ1) is 9.34. The number of fused-ring (bicyclic) bond motifs is 1. The monoisotopic (exact) mass is 251 g/mol. The van der Waals surface area contributed by atoms with Gasteiger partial charge in [-0.3, -0.25) is 9.78 Å². The Hall–Kier alpha value is -1.96. The van der Waals surface area contributed by atoms with Crippen LogP contribution >= 0.6 is 0 Å². The van der Waals surface area contributed by atoms with Crippen molar-refractivity contribution >= 4 is 5.78 Å². The van der Waals surface area contributed by atoms with Crippen molar-refractivity contribution in [3.05, 3.63) is 65.5 Å². The van der Waals surface area contributed by atoms with Crippen LogP contribution in [0.3, 0.4) is 0 Å². The van der Waals surface area contributed by atoms with Crippen molar-refractivity contribution in [2.75, 3.05) is 0 Å². The van der Waals surface area contributed by atoms with E-state index in [1.54, 1.807) is 6.20 Å². The van der Waals surface area contributed by atoms with E-state index in [2.05, 4.69) is 17.1 Å². The number of ketones is 1. The van der Waals surface area contributed by atoms with E-state index in [0.717, 1.165) is 31.2 Å². The molecule has 0 spiro atoms. The van der Waals surface area contributed by atoms with E-state index in [9.17, 15) is 4.79 Å². The highest BCUT2D eigenvalue weighted by Crippen LogP contribution is 2.28. The molecule has 1 aromatic heterocycles. The van der Waals surface area contributed by atoms with Crippen molar-refractivity contribution in [1.29, 1.82) is 0 Å². The zero-order chi connectivity index (χ0) is 13.1. The molecule has 0 aliphatic heterocycles. The van der Waals surface area contributed by atoms with Gasteiger partial charge in [0, 0.05) is 23.9 Å². The number of Topliss-reactive ketones (excluding diaryl/α,β-unsaturated/α-hetero) is 1. The van der Waals surface area contributed by atoms with Gasteiger partial charge in [-0.05, 0) is 42.9 Å². The Balaban J connectivity index is 1.69. The summed E-state index contributed by atoms with van der Waals surface area (Å²) in [5.74, 6) is 0.501. The van der Waals surface area contributed by atoms with Crippen LogP contribution in [0.2, 0.25) is 0 Å². The van der Waals surface area contributed by atoms with Crippen LogP contribution in [-0.4, -0.2) is 10.8 Å². The summed E-state index contributed by atoms with van der Waals surface area (Å²) >= 11 is 0. The molecule has 0 N–H and O–H groups in total. The minimum absolute atomic E-state index is 0.176. The second kappa shape index (κ2) is 5.35. The summed E-state index contributed by atoms with van der Waals surface area (Å²) in [4.78, 5) is 16.5. The van der Waals surface area contributed by atoms with Crippen LogP contribution in [-0.2, 0) is 12.8 Å². The molecule has 2 heteroatoms. The van der Waals surface area contributed by atoms with E-state index in [0.29, 0.717) is 5.78 Å². The van der Waals surface area contributed by atoms with Crippen LogP contribution in [0.5, 0.6) is 0 Å². The van der Waals surface area contributed by atoms with E-state index in [1.165, 1.54) is 11.1 Å². The Morgan fingerprint density at radius 2 is 2.05 bits per heavy atom. The summed E-state index contributed by atoms with van der Waals surface area (Å²) < 4.78 is 0. The van der Waals surface area contributed by atoms with Crippen LogP contribution < -0.4 is 0 Å². The number of aromatic nitrogens is 1. The van der Waals surface area contributed by atoms with Crippen molar-refractivity contribution in [3.8, 4) is 0 Å². The summed E-state index contributed by atoms with van der Waals surface area (Å²) in [7, 11) is 0. The molecule has 1 unspecified atom stereocenters. The molecule has 1 aliphatic carbocycles. The van der Waals surface area contributed by atoms with Gasteiger partial charge in [0.1, 0.15) is 0 Å². The number of carbonyl (C=O) groups excluding carboxylic acids is 1. The number of hydrogen-bond donors (Lipinski definition) is 0. The first-order valence-corrected chi connectivity index (χ1v) is 6.85. The molecule has 0 fully saturated rings. The topological polar surface area (TPSA) is 30.0 Å². The molecule has 3 rings (SSSR count). The third kappa shape index (κ3) is 2.58. The van der Waals surface area contributed by atoms with Crippen LogP contribution in [0.1, 0.15) is 34.3 Å². The average molecular weight is 251 g/mol. The van der Waals surface area contributed by atoms with Crippen molar-refractivity contribution in [3.63, 3.8) is 0 Å². The van der Waals surface area contributed by atoms with Crippen molar-refractivity contribution < 1.29 is 4.79 Å². The summed E-state index contributed by atoms with van der Waals surface area (Å²) in [6.07, 6.45) is 7.55. The molecule has 0 saturated heterocycles. The fourth-order valence-electron chi connectivity index (χ4n) is 2.82. The number of pyridine rings is 1. The zero-order valence-corrected chi connectivity index (χ0v) is 10.9.